The van der Waals surface area contributed by atoms with E-state index in [0.717, 1.165) is 51.0 Å². The van der Waals surface area contributed by atoms with E-state index < -0.39 is 5.97 Å². The molecule has 124 valence electrons. The summed E-state index contributed by atoms with van der Waals surface area (Å²) in [7, 11) is 1.30. The van der Waals surface area contributed by atoms with Gasteiger partial charge in [0.25, 0.3) is 0 Å². The SMILES string of the molecule is CCCC(O)CCCCCCCCCC(O)=CC(=O)OC. The Bertz CT molecular complexity index is 287. The van der Waals surface area contributed by atoms with Gasteiger partial charge in [-0.1, -0.05) is 51.9 Å². The molecule has 21 heavy (non-hydrogen) atoms. The molecule has 4 heteroatoms. The highest BCUT2D eigenvalue weighted by molar-refractivity contribution is 5.82. The molecule has 0 rings (SSSR count). The topological polar surface area (TPSA) is 66.8 Å². The first-order valence-corrected chi connectivity index (χ1v) is 8.25. The van der Waals surface area contributed by atoms with Gasteiger partial charge in [-0.2, -0.15) is 0 Å². The molecule has 0 bridgehead atoms. The van der Waals surface area contributed by atoms with Crippen LogP contribution in [-0.2, 0) is 9.53 Å². The summed E-state index contributed by atoms with van der Waals surface area (Å²) in [6.45, 7) is 2.10. The van der Waals surface area contributed by atoms with Gasteiger partial charge >= 0.3 is 5.97 Å². The molecule has 0 aromatic rings. The quantitative estimate of drug-likeness (QED) is 0.231. The molecule has 1 unspecified atom stereocenters. The number of rotatable bonds is 13. The number of methoxy groups -OCH3 is 1. The summed E-state index contributed by atoms with van der Waals surface area (Å²) in [4.78, 5) is 10.9. The first kappa shape index (κ1) is 20.0. The number of unbranched alkanes of at least 4 members (excludes halogenated alkanes) is 6. The number of hydrogen-bond donors (Lipinski definition) is 2. The zero-order chi connectivity index (χ0) is 15.9. The third-order valence-corrected chi connectivity index (χ3v) is 3.58. The van der Waals surface area contributed by atoms with Crippen molar-refractivity contribution in [3.05, 3.63) is 11.8 Å². The van der Waals surface area contributed by atoms with Gasteiger partial charge in [0.1, 0.15) is 0 Å². The predicted molar refractivity (Wildman–Crippen MR) is 85.2 cm³/mol. The molecular formula is C17H32O4. The minimum Gasteiger partial charge on any atom is -0.512 e. The lowest BCUT2D eigenvalue weighted by atomic mass is 10.0. The van der Waals surface area contributed by atoms with E-state index in [2.05, 4.69) is 11.7 Å². The maximum atomic E-state index is 10.9. The zero-order valence-corrected chi connectivity index (χ0v) is 13.6. The Hall–Kier alpha value is -1.03. The lowest BCUT2D eigenvalue weighted by Gasteiger charge is -2.08. The lowest BCUT2D eigenvalue weighted by Crippen LogP contribution is -2.04. The van der Waals surface area contributed by atoms with Crippen LogP contribution in [0.2, 0.25) is 0 Å². The van der Waals surface area contributed by atoms with Crippen molar-refractivity contribution >= 4 is 5.97 Å². The molecule has 0 aliphatic heterocycles. The Labute approximate surface area is 129 Å². The van der Waals surface area contributed by atoms with Crippen molar-refractivity contribution in [1.29, 1.82) is 0 Å². The normalized spacial score (nSPS) is 13.2. The Morgan fingerprint density at radius 1 is 1.05 bits per heavy atom. The maximum absolute atomic E-state index is 10.9. The molecule has 2 N–H and O–H groups in total. The Morgan fingerprint density at radius 2 is 1.62 bits per heavy atom. The van der Waals surface area contributed by atoms with Crippen LogP contribution in [0.1, 0.15) is 77.6 Å². The van der Waals surface area contributed by atoms with E-state index >= 15 is 0 Å². The van der Waals surface area contributed by atoms with Crippen LogP contribution in [0, 0.1) is 0 Å². The summed E-state index contributed by atoms with van der Waals surface area (Å²) in [5.74, 6) is -0.399. The molecular weight excluding hydrogens is 268 g/mol. The van der Waals surface area contributed by atoms with Crippen LogP contribution < -0.4 is 0 Å². The van der Waals surface area contributed by atoms with Gasteiger partial charge in [0.15, 0.2) is 0 Å². The number of aliphatic hydroxyl groups excluding tert-OH is 2. The van der Waals surface area contributed by atoms with Gasteiger partial charge in [0, 0.05) is 6.42 Å². The minimum absolute atomic E-state index is 0.103. The first-order chi connectivity index (χ1) is 10.1. The second-order valence-corrected chi connectivity index (χ2v) is 5.61. The lowest BCUT2D eigenvalue weighted by molar-refractivity contribution is -0.135. The third-order valence-electron chi connectivity index (χ3n) is 3.58. The Morgan fingerprint density at radius 3 is 2.19 bits per heavy atom. The molecule has 0 spiro atoms. The number of esters is 1. The van der Waals surface area contributed by atoms with Crippen LogP contribution in [0.4, 0.5) is 0 Å². The number of hydrogen-bond acceptors (Lipinski definition) is 4. The van der Waals surface area contributed by atoms with Crippen molar-refractivity contribution in [2.75, 3.05) is 7.11 Å². The van der Waals surface area contributed by atoms with Crippen LogP contribution in [0.3, 0.4) is 0 Å². The zero-order valence-electron chi connectivity index (χ0n) is 13.6. The minimum atomic E-state index is -0.502. The number of aliphatic hydroxyl groups is 2. The van der Waals surface area contributed by atoms with Gasteiger partial charge in [-0.15, -0.1) is 0 Å². The largest absolute Gasteiger partial charge is 0.512 e. The Kier molecular flexibility index (Phi) is 13.2. The molecule has 0 aliphatic carbocycles. The highest BCUT2D eigenvalue weighted by atomic mass is 16.5. The third kappa shape index (κ3) is 13.7. The second-order valence-electron chi connectivity index (χ2n) is 5.61. The van der Waals surface area contributed by atoms with Gasteiger partial charge < -0.3 is 14.9 Å². The summed E-state index contributed by atoms with van der Waals surface area (Å²) in [6.07, 6.45) is 12.3. The number of carbonyl (C=O) groups is 1. The van der Waals surface area contributed by atoms with Crippen molar-refractivity contribution in [3.63, 3.8) is 0 Å². The molecule has 0 aliphatic rings. The van der Waals surface area contributed by atoms with Gasteiger partial charge in [-0.3, -0.25) is 0 Å². The van der Waals surface area contributed by atoms with E-state index in [-0.39, 0.29) is 11.9 Å². The van der Waals surface area contributed by atoms with Crippen molar-refractivity contribution < 1.29 is 19.7 Å². The molecule has 1 atom stereocenters. The van der Waals surface area contributed by atoms with Gasteiger partial charge in [-0.05, 0) is 19.3 Å². The highest BCUT2D eigenvalue weighted by Crippen LogP contribution is 2.13. The van der Waals surface area contributed by atoms with Crippen LogP contribution in [0.15, 0.2) is 11.8 Å². The van der Waals surface area contributed by atoms with Gasteiger partial charge in [0.05, 0.1) is 25.0 Å². The molecule has 0 fully saturated rings. The predicted octanol–water partition coefficient (Wildman–Crippen LogP) is 4.27. The summed E-state index contributed by atoms with van der Waals surface area (Å²) in [5, 5.41) is 19.0. The van der Waals surface area contributed by atoms with Crippen LogP contribution in [0.25, 0.3) is 0 Å². The summed E-state index contributed by atoms with van der Waals surface area (Å²) in [6, 6.07) is 0. The molecule has 0 aromatic carbocycles. The second kappa shape index (κ2) is 13.9. The van der Waals surface area contributed by atoms with E-state index in [1.54, 1.807) is 0 Å². The van der Waals surface area contributed by atoms with Crippen LogP contribution in [-0.4, -0.2) is 29.4 Å². The average Bonchev–Trinajstić information content (AvgIpc) is 2.45. The standard InChI is InChI=1S/C17H32O4/c1-3-11-15(18)12-9-7-5-4-6-8-10-13-16(19)14-17(20)21-2/h14-15,18-19H,3-13H2,1-2H3. The van der Waals surface area contributed by atoms with Crippen molar-refractivity contribution in [2.45, 2.75) is 83.7 Å². The fourth-order valence-corrected chi connectivity index (χ4v) is 2.31. The number of ether oxygens (including phenoxy) is 1. The van der Waals surface area contributed by atoms with E-state index in [1.807, 2.05) is 0 Å². The van der Waals surface area contributed by atoms with E-state index in [4.69, 9.17) is 0 Å². The van der Waals surface area contributed by atoms with Crippen LogP contribution in [0.5, 0.6) is 0 Å². The fourth-order valence-electron chi connectivity index (χ4n) is 2.31. The Balaban J connectivity index is 3.33. The smallest absolute Gasteiger partial charge is 0.333 e. The van der Waals surface area contributed by atoms with E-state index in [1.165, 1.54) is 26.4 Å². The molecule has 0 saturated heterocycles. The number of allylic oxidation sites excluding steroid dienone is 1. The molecule has 0 radical (unpaired) electrons. The molecule has 0 heterocycles. The fraction of sp³-hybridized carbons (Fsp3) is 0.824. The molecule has 0 aromatic heterocycles. The average molecular weight is 300 g/mol. The molecule has 4 nitrogen and oxygen atoms in total. The van der Waals surface area contributed by atoms with Crippen molar-refractivity contribution in [2.24, 2.45) is 0 Å². The summed E-state index contributed by atoms with van der Waals surface area (Å²) >= 11 is 0. The monoisotopic (exact) mass is 300 g/mol. The van der Waals surface area contributed by atoms with E-state index in [0.29, 0.717) is 6.42 Å². The molecule has 0 saturated carbocycles. The number of carbonyl (C=O) groups excluding carboxylic acids is 1. The summed E-state index contributed by atoms with van der Waals surface area (Å²) < 4.78 is 4.44. The first-order valence-electron chi connectivity index (χ1n) is 8.25. The highest BCUT2D eigenvalue weighted by Gasteiger charge is 2.02. The maximum Gasteiger partial charge on any atom is 0.333 e. The van der Waals surface area contributed by atoms with Crippen molar-refractivity contribution in [1.82, 2.24) is 0 Å². The summed E-state index contributed by atoms with van der Waals surface area (Å²) in [5.41, 5.74) is 0. The molecule has 0 amide bonds. The van der Waals surface area contributed by atoms with Gasteiger partial charge in [0.2, 0.25) is 0 Å². The van der Waals surface area contributed by atoms with E-state index in [9.17, 15) is 15.0 Å². The van der Waals surface area contributed by atoms with Crippen LogP contribution >= 0.6 is 0 Å². The van der Waals surface area contributed by atoms with Crippen molar-refractivity contribution in [3.8, 4) is 0 Å². The van der Waals surface area contributed by atoms with Gasteiger partial charge in [-0.25, -0.2) is 4.79 Å².